The lowest BCUT2D eigenvalue weighted by atomic mass is 9.90. The molecule has 3 aromatic rings. The largest absolute Gasteiger partial charge is 0.0654 e. The summed E-state index contributed by atoms with van der Waals surface area (Å²) in [6.45, 7) is 2.27. The highest BCUT2D eigenvalue weighted by molar-refractivity contribution is 5.86. The van der Waals surface area contributed by atoms with Gasteiger partial charge in [-0.3, -0.25) is 0 Å². The highest BCUT2D eigenvalue weighted by atomic mass is 14.2. The Balaban J connectivity index is 1.83. The molecular weight excluding hydrogens is 300 g/mol. The predicted octanol–water partition coefficient (Wildman–Crippen LogP) is 7.15. The van der Waals surface area contributed by atoms with Crippen LogP contribution in [-0.2, 0) is 6.42 Å². The van der Waals surface area contributed by atoms with Crippen molar-refractivity contribution in [3.63, 3.8) is 0 Å². The summed E-state index contributed by atoms with van der Waals surface area (Å²) in [5, 5.41) is 0. The molecule has 1 aliphatic rings. The highest BCUT2D eigenvalue weighted by Crippen LogP contribution is 2.40. The summed E-state index contributed by atoms with van der Waals surface area (Å²) < 4.78 is 0. The molecule has 0 aliphatic heterocycles. The van der Waals surface area contributed by atoms with Crippen LogP contribution in [0.5, 0.6) is 0 Å². The second kappa shape index (κ2) is 7.11. The number of hydrogen-bond acceptors (Lipinski definition) is 0. The molecule has 0 nitrogen and oxygen atoms in total. The molecule has 1 aliphatic carbocycles. The van der Waals surface area contributed by atoms with Crippen LogP contribution in [0.1, 0.15) is 37.3 Å². The Morgan fingerprint density at radius 3 is 1.96 bits per heavy atom. The maximum atomic E-state index is 2.46. The average molecular weight is 324 g/mol. The van der Waals surface area contributed by atoms with Gasteiger partial charge in [-0.25, -0.2) is 0 Å². The van der Waals surface area contributed by atoms with Crippen LogP contribution in [0.2, 0.25) is 0 Å². The first-order valence-corrected chi connectivity index (χ1v) is 9.33. The number of unbranched alkanes of at least 4 members (excludes halogenated alkanes) is 1. The number of rotatable bonds is 5. The zero-order valence-electron chi connectivity index (χ0n) is 14.8. The first-order valence-electron chi connectivity index (χ1n) is 9.33. The van der Waals surface area contributed by atoms with Crippen molar-refractivity contribution in [1.82, 2.24) is 0 Å². The van der Waals surface area contributed by atoms with Gasteiger partial charge in [0.1, 0.15) is 0 Å². The molecule has 0 spiro atoms. The summed E-state index contributed by atoms with van der Waals surface area (Å²) in [4.78, 5) is 0. The van der Waals surface area contributed by atoms with Crippen molar-refractivity contribution in [3.05, 3.63) is 89.5 Å². The second-order valence-electron chi connectivity index (χ2n) is 6.87. The lowest BCUT2D eigenvalue weighted by molar-refractivity contribution is 0.779. The fraction of sp³-hybridized carbons (Fsp3) is 0.200. The summed E-state index contributed by atoms with van der Waals surface area (Å²) in [6.07, 6.45) is 7.31. The molecule has 0 saturated heterocycles. The smallest absolute Gasteiger partial charge is 0.00514 e. The Bertz CT molecular complexity index is 886. The third-order valence-electron chi connectivity index (χ3n) is 5.13. The van der Waals surface area contributed by atoms with Gasteiger partial charge in [-0.15, -0.1) is 0 Å². The van der Waals surface area contributed by atoms with Crippen molar-refractivity contribution in [2.45, 2.75) is 32.6 Å². The van der Waals surface area contributed by atoms with Crippen LogP contribution >= 0.6 is 0 Å². The van der Waals surface area contributed by atoms with Crippen LogP contribution < -0.4 is 0 Å². The van der Waals surface area contributed by atoms with Gasteiger partial charge in [0.25, 0.3) is 0 Å². The molecule has 0 N–H and O–H groups in total. The molecule has 0 atom stereocenters. The molecule has 0 heterocycles. The number of allylic oxidation sites excluding steroid dienone is 1. The Morgan fingerprint density at radius 2 is 1.32 bits per heavy atom. The quantitative estimate of drug-likeness (QED) is 0.467. The van der Waals surface area contributed by atoms with Crippen molar-refractivity contribution in [2.75, 3.05) is 0 Å². The summed E-state index contributed by atoms with van der Waals surface area (Å²) in [5.74, 6) is 0. The fourth-order valence-corrected chi connectivity index (χ4v) is 3.82. The van der Waals surface area contributed by atoms with E-state index >= 15 is 0 Å². The predicted molar refractivity (Wildman–Crippen MR) is 109 cm³/mol. The van der Waals surface area contributed by atoms with E-state index in [2.05, 4.69) is 85.8 Å². The number of fused-ring (bicyclic) bond motifs is 1. The fourth-order valence-electron chi connectivity index (χ4n) is 3.82. The molecule has 0 unspecified atom stereocenters. The monoisotopic (exact) mass is 324 g/mol. The molecule has 0 aromatic heterocycles. The Kier molecular flexibility index (Phi) is 4.52. The van der Waals surface area contributed by atoms with E-state index in [1.54, 1.807) is 5.57 Å². The molecule has 0 fully saturated rings. The summed E-state index contributed by atoms with van der Waals surface area (Å²) in [5.41, 5.74) is 9.89. The lowest BCUT2D eigenvalue weighted by Crippen LogP contribution is -1.93. The molecule has 124 valence electrons. The van der Waals surface area contributed by atoms with E-state index in [-0.39, 0.29) is 0 Å². The van der Waals surface area contributed by atoms with Gasteiger partial charge in [0, 0.05) is 0 Å². The molecular formula is C25H24. The third-order valence-corrected chi connectivity index (χ3v) is 5.13. The van der Waals surface area contributed by atoms with Gasteiger partial charge < -0.3 is 0 Å². The number of benzene rings is 3. The highest BCUT2D eigenvalue weighted by Gasteiger charge is 2.20. The summed E-state index contributed by atoms with van der Waals surface area (Å²) >= 11 is 0. The zero-order valence-corrected chi connectivity index (χ0v) is 14.8. The molecule has 0 heteroatoms. The number of hydrogen-bond donors (Lipinski definition) is 0. The maximum absolute atomic E-state index is 2.46. The van der Waals surface area contributed by atoms with Gasteiger partial charge in [-0.05, 0) is 52.6 Å². The van der Waals surface area contributed by atoms with Crippen molar-refractivity contribution >= 4 is 6.08 Å². The van der Waals surface area contributed by atoms with Gasteiger partial charge in [0.15, 0.2) is 0 Å². The van der Waals surface area contributed by atoms with Gasteiger partial charge in [-0.1, -0.05) is 97.8 Å². The topological polar surface area (TPSA) is 0 Å². The van der Waals surface area contributed by atoms with Gasteiger partial charge in [0.2, 0.25) is 0 Å². The van der Waals surface area contributed by atoms with Gasteiger partial charge >= 0.3 is 0 Å². The van der Waals surface area contributed by atoms with Crippen LogP contribution in [0.25, 0.3) is 28.3 Å². The Morgan fingerprint density at radius 1 is 0.720 bits per heavy atom. The van der Waals surface area contributed by atoms with Crippen LogP contribution in [-0.4, -0.2) is 0 Å². The molecule has 4 rings (SSSR count). The SMILES string of the molecule is CCCCC1=Cc2c(-c3ccccc3)ccc(-c3ccccc3)c2C1. The second-order valence-corrected chi connectivity index (χ2v) is 6.87. The Labute approximate surface area is 150 Å². The van der Waals surface area contributed by atoms with Crippen molar-refractivity contribution < 1.29 is 0 Å². The zero-order chi connectivity index (χ0) is 17.1. The minimum atomic E-state index is 1.10. The van der Waals surface area contributed by atoms with Gasteiger partial charge in [-0.2, -0.15) is 0 Å². The van der Waals surface area contributed by atoms with E-state index < -0.39 is 0 Å². The maximum Gasteiger partial charge on any atom is -0.00514 e. The Hall–Kier alpha value is -2.60. The molecule has 3 aromatic carbocycles. The van der Waals surface area contributed by atoms with Crippen molar-refractivity contribution in [3.8, 4) is 22.3 Å². The van der Waals surface area contributed by atoms with Crippen LogP contribution in [0.4, 0.5) is 0 Å². The van der Waals surface area contributed by atoms with Crippen LogP contribution in [0, 0.1) is 0 Å². The molecule has 0 saturated carbocycles. The minimum absolute atomic E-state index is 1.10. The van der Waals surface area contributed by atoms with E-state index in [0.29, 0.717) is 0 Å². The van der Waals surface area contributed by atoms with Gasteiger partial charge in [0.05, 0.1) is 0 Å². The van der Waals surface area contributed by atoms with E-state index in [9.17, 15) is 0 Å². The standard InChI is InChI=1S/C25H24/c1-2-3-10-19-17-24-22(20-11-6-4-7-12-20)15-16-23(25(24)18-19)21-13-8-5-9-14-21/h4-9,11-17H,2-3,10,18H2,1H3. The molecule has 0 bridgehead atoms. The van der Waals surface area contributed by atoms with Crippen LogP contribution in [0.15, 0.2) is 78.4 Å². The first-order chi connectivity index (χ1) is 12.4. The van der Waals surface area contributed by atoms with Crippen molar-refractivity contribution in [2.24, 2.45) is 0 Å². The molecule has 25 heavy (non-hydrogen) atoms. The average Bonchev–Trinajstić information content (AvgIpc) is 3.11. The van der Waals surface area contributed by atoms with E-state index in [0.717, 1.165) is 6.42 Å². The third kappa shape index (κ3) is 3.17. The normalized spacial score (nSPS) is 12.8. The first kappa shape index (κ1) is 15.9. The minimum Gasteiger partial charge on any atom is -0.0654 e. The summed E-state index contributed by atoms with van der Waals surface area (Å²) in [6, 6.07) is 26.2. The lowest BCUT2D eigenvalue weighted by Gasteiger charge is -2.14. The van der Waals surface area contributed by atoms with E-state index in [1.165, 1.54) is 52.6 Å². The van der Waals surface area contributed by atoms with E-state index in [4.69, 9.17) is 0 Å². The van der Waals surface area contributed by atoms with Crippen LogP contribution in [0.3, 0.4) is 0 Å². The van der Waals surface area contributed by atoms with Crippen molar-refractivity contribution in [1.29, 1.82) is 0 Å². The van der Waals surface area contributed by atoms with E-state index in [1.807, 2.05) is 0 Å². The molecule has 0 radical (unpaired) electrons. The molecule has 0 amide bonds. The summed E-state index contributed by atoms with van der Waals surface area (Å²) in [7, 11) is 0.